The Hall–Kier alpha value is -3.10. The minimum Gasteiger partial charge on any atom is -0.460 e. The van der Waals surface area contributed by atoms with Crippen molar-refractivity contribution >= 4 is 39.6 Å². The smallest absolute Gasteiger partial charge is 0.312 e. The molecule has 0 radical (unpaired) electrons. The molecule has 12 nitrogen and oxygen atoms in total. The first-order valence-corrected chi connectivity index (χ1v) is 18.1. The van der Waals surface area contributed by atoms with Crippen LogP contribution in [0.15, 0.2) is 55.6 Å². The normalized spacial score (nSPS) is 28.8. The number of hydrogen-bond acceptors (Lipinski definition) is 9. The fraction of sp³-hybridized carbons (Fsp3) is 0.611. The SMILES string of the molecule is C=CCCC(=O)NC[C@H](C)OC(=O)[C@H]1[C@@H]2O[C@@]3(CC2Br)[C@@H]1C(=O)N([C@@H](CO)Cc1ccccc1)[C@@H]3C(=O)N(CC=C)CCN1CCOCC1. The van der Waals surface area contributed by atoms with E-state index in [-0.39, 0.29) is 42.8 Å². The summed E-state index contributed by atoms with van der Waals surface area (Å²) in [7, 11) is 0. The maximum absolute atomic E-state index is 14.8. The number of allylic oxidation sites excluding steroid dienone is 1. The summed E-state index contributed by atoms with van der Waals surface area (Å²) in [6.45, 7) is 13.0. The Morgan fingerprint density at radius 3 is 2.61 bits per heavy atom. The molecule has 1 unspecified atom stereocenters. The van der Waals surface area contributed by atoms with E-state index >= 15 is 0 Å². The summed E-state index contributed by atoms with van der Waals surface area (Å²) in [4.78, 5) is 60.7. The number of carbonyl (C=O) groups excluding carboxylic acids is 4. The lowest BCUT2D eigenvalue weighted by Gasteiger charge is -2.40. The van der Waals surface area contributed by atoms with Gasteiger partial charge in [0.1, 0.15) is 17.7 Å². The van der Waals surface area contributed by atoms with Crippen molar-refractivity contribution in [2.45, 2.75) is 67.3 Å². The zero-order valence-corrected chi connectivity index (χ0v) is 29.8. The molecule has 0 aromatic heterocycles. The lowest BCUT2D eigenvalue weighted by atomic mass is 9.70. The molecule has 13 heteroatoms. The molecule has 8 atom stereocenters. The molecule has 268 valence electrons. The van der Waals surface area contributed by atoms with Crippen molar-refractivity contribution in [2.24, 2.45) is 11.8 Å². The number of halogens is 1. The molecule has 3 amide bonds. The van der Waals surface area contributed by atoms with Gasteiger partial charge in [-0.15, -0.1) is 13.2 Å². The molecule has 5 rings (SSSR count). The summed E-state index contributed by atoms with van der Waals surface area (Å²) in [6, 6.07) is 7.67. The summed E-state index contributed by atoms with van der Waals surface area (Å²) >= 11 is 3.71. The number of alkyl halides is 1. The lowest BCUT2D eigenvalue weighted by Crippen LogP contribution is -2.60. The van der Waals surface area contributed by atoms with Crippen molar-refractivity contribution in [3.05, 3.63) is 61.2 Å². The number of nitrogens with zero attached hydrogens (tertiary/aromatic N) is 3. The number of aliphatic hydroxyl groups is 1. The summed E-state index contributed by atoms with van der Waals surface area (Å²) in [6.07, 6.45) is 3.41. The number of ether oxygens (including phenoxy) is 3. The lowest BCUT2D eigenvalue weighted by molar-refractivity contribution is -0.160. The van der Waals surface area contributed by atoms with Crippen LogP contribution in [0.4, 0.5) is 0 Å². The predicted molar refractivity (Wildman–Crippen MR) is 186 cm³/mol. The van der Waals surface area contributed by atoms with Gasteiger partial charge in [-0.25, -0.2) is 0 Å². The number of nitrogens with one attached hydrogen (secondary N) is 1. The van der Waals surface area contributed by atoms with Crippen molar-refractivity contribution < 1.29 is 38.5 Å². The standard InChI is InChI=1S/C36H49BrN4O8/c1-4-6-12-28(43)38-22-24(3)48-35(46)29-30-33(44)41(26(23-42)20-25-10-8-7-9-11-25)32(36(30)21-27(37)31(29)49-36)34(45)40(13-5-2)15-14-39-16-18-47-19-17-39/h4-5,7-11,24,26-27,29-32,42H,1-2,6,12-23H2,3H3,(H,38,43)/t24-,26+,27?,29+,30-,31+,32+,36-/m0/s1. The highest BCUT2D eigenvalue weighted by molar-refractivity contribution is 9.09. The second kappa shape index (κ2) is 16.7. The third-order valence-electron chi connectivity index (χ3n) is 10.1. The van der Waals surface area contributed by atoms with Crippen molar-refractivity contribution in [1.82, 2.24) is 20.0 Å². The van der Waals surface area contributed by atoms with Gasteiger partial charge in [0.15, 0.2) is 0 Å². The molecular weight excluding hydrogens is 696 g/mol. The van der Waals surface area contributed by atoms with Crippen LogP contribution in [0.2, 0.25) is 0 Å². The van der Waals surface area contributed by atoms with E-state index in [1.807, 2.05) is 30.3 Å². The van der Waals surface area contributed by atoms with Gasteiger partial charge < -0.3 is 34.4 Å². The third-order valence-corrected chi connectivity index (χ3v) is 10.9. The second-order valence-corrected chi connectivity index (χ2v) is 14.5. The number of likely N-dealkylation sites (tertiary alicyclic amines) is 1. The Kier molecular flexibility index (Phi) is 12.7. The van der Waals surface area contributed by atoms with E-state index in [0.29, 0.717) is 45.6 Å². The largest absolute Gasteiger partial charge is 0.460 e. The highest BCUT2D eigenvalue weighted by Gasteiger charge is 2.77. The molecule has 49 heavy (non-hydrogen) atoms. The Balaban J connectivity index is 1.44. The van der Waals surface area contributed by atoms with E-state index in [2.05, 4.69) is 39.3 Å². The van der Waals surface area contributed by atoms with E-state index < -0.39 is 53.6 Å². The Morgan fingerprint density at radius 2 is 1.94 bits per heavy atom. The van der Waals surface area contributed by atoms with Gasteiger partial charge in [0.2, 0.25) is 17.7 Å². The minimum absolute atomic E-state index is 0.109. The van der Waals surface area contributed by atoms with E-state index in [9.17, 15) is 24.3 Å². The molecule has 2 bridgehead atoms. The first kappa shape index (κ1) is 37.2. The summed E-state index contributed by atoms with van der Waals surface area (Å²) in [5, 5.41) is 13.5. The predicted octanol–water partition coefficient (Wildman–Crippen LogP) is 1.70. The molecule has 1 spiro atoms. The number of hydrogen-bond donors (Lipinski definition) is 2. The van der Waals surface area contributed by atoms with Crippen LogP contribution in [0.1, 0.15) is 31.7 Å². The van der Waals surface area contributed by atoms with E-state index in [0.717, 1.165) is 18.7 Å². The van der Waals surface area contributed by atoms with E-state index in [1.54, 1.807) is 24.0 Å². The zero-order valence-electron chi connectivity index (χ0n) is 28.2. The van der Waals surface area contributed by atoms with Crippen LogP contribution >= 0.6 is 15.9 Å². The van der Waals surface area contributed by atoms with Gasteiger partial charge in [-0.2, -0.15) is 0 Å². The second-order valence-electron chi connectivity index (χ2n) is 13.3. The van der Waals surface area contributed by atoms with Crippen LogP contribution in [0.5, 0.6) is 0 Å². The van der Waals surface area contributed by atoms with E-state index in [1.165, 1.54) is 4.90 Å². The number of amides is 3. The number of fused-ring (bicyclic) bond motifs is 1. The quantitative estimate of drug-likeness (QED) is 0.139. The molecule has 0 saturated carbocycles. The van der Waals surface area contributed by atoms with Crippen LogP contribution in [-0.2, 0) is 39.8 Å². The van der Waals surface area contributed by atoms with Crippen LogP contribution in [0.3, 0.4) is 0 Å². The van der Waals surface area contributed by atoms with Crippen LogP contribution in [0.25, 0.3) is 0 Å². The number of esters is 1. The molecule has 4 aliphatic rings. The number of carbonyl (C=O) groups is 4. The molecule has 1 aromatic carbocycles. The fourth-order valence-corrected chi connectivity index (χ4v) is 8.69. The first-order valence-electron chi connectivity index (χ1n) is 17.2. The molecule has 1 aromatic rings. The van der Waals surface area contributed by atoms with Gasteiger partial charge in [0.25, 0.3) is 0 Å². The van der Waals surface area contributed by atoms with Gasteiger partial charge in [0, 0.05) is 44.0 Å². The highest BCUT2D eigenvalue weighted by atomic mass is 79.9. The highest BCUT2D eigenvalue weighted by Crippen LogP contribution is 2.60. The average Bonchev–Trinajstić information content (AvgIpc) is 3.70. The van der Waals surface area contributed by atoms with Gasteiger partial charge >= 0.3 is 5.97 Å². The van der Waals surface area contributed by atoms with E-state index in [4.69, 9.17) is 14.2 Å². The third kappa shape index (κ3) is 7.96. The van der Waals surface area contributed by atoms with Crippen molar-refractivity contribution in [2.75, 3.05) is 59.1 Å². The molecule has 4 saturated heterocycles. The Labute approximate surface area is 296 Å². The van der Waals surface area contributed by atoms with Crippen LogP contribution in [-0.4, -0.2) is 137 Å². The molecule has 4 aliphatic heterocycles. The molecule has 0 aliphatic carbocycles. The number of morpholine rings is 1. The number of benzene rings is 1. The summed E-state index contributed by atoms with van der Waals surface area (Å²) in [5.41, 5.74) is -0.421. The van der Waals surface area contributed by atoms with Crippen LogP contribution in [0, 0.1) is 11.8 Å². The van der Waals surface area contributed by atoms with Crippen molar-refractivity contribution in [1.29, 1.82) is 0 Å². The number of rotatable bonds is 17. The Morgan fingerprint density at radius 1 is 1.20 bits per heavy atom. The monoisotopic (exact) mass is 744 g/mol. The van der Waals surface area contributed by atoms with Crippen LogP contribution < -0.4 is 5.32 Å². The molecule has 2 N–H and O–H groups in total. The first-order chi connectivity index (χ1) is 23.6. The maximum Gasteiger partial charge on any atom is 0.312 e. The zero-order chi connectivity index (χ0) is 35.1. The van der Waals surface area contributed by atoms with Crippen molar-refractivity contribution in [3.63, 3.8) is 0 Å². The molecule has 4 heterocycles. The van der Waals surface area contributed by atoms with Gasteiger partial charge in [-0.3, -0.25) is 24.1 Å². The van der Waals surface area contributed by atoms with Crippen molar-refractivity contribution in [3.8, 4) is 0 Å². The summed E-state index contributed by atoms with van der Waals surface area (Å²) in [5.74, 6) is -3.48. The minimum atomic E-state index is -1.32. The average molecular weight is 746 g/mol. The topological polar surface area (TPSA) is 138 Å². The molecule has 4 fully saturated rings. The summed E-state index contributed by atoms with van der Waals surface area (Å²) < 4.78 is 18.0. The fourth-order valence-electron chi connectivity index (χ4n) is 7.75. The molecular formula is C36H49BrN4O8. The van der Waals surface area contributed by atoms with Gasteiger partial charge in [-0.05, 0) is 31.7 Å². The number of aliphatic hydroxyl groups excluding tert-OH is 1. The van der Waals surface area contributed by atoms with Gasteiger partial charge in [0.05, 0.1) is 50.3 Å². The Bertz CT molecular complexity index is 1360. The maximum atomic E-state index is 14.8. The van der Waals surface area contributed by atoms with Gasteiger partial charge in [-0.1, -0.05) is 58.4 Å².